The van der Waals surface area contributed by atoms with Crippen LogP contribution in [0.1, 0.15) is 5.56 Å². The first kappa shape index (κ1) is 18.7. The van der Waals surface area contributed by atoms with Gasteiger partial charge in [0.05, 0.1) is 13.2 Å². The Balaban J connectivity index is 1.53. The Bertz CT molecular complexity index is 809. The highest BCUT2D eigenvalue weighted by atomic mass is 16.6. The lowest BCUT2D eigenvalue weighted by Gasteiger charge is -2.18. The maximum Gasteiger partial charge on any atom is 0.411 e. The van der Waals surface area contributed by atoms with Gasteiger partial charge in [-0.05, 0) is 36.2 Å². The van der Waals surface area contributed by atoms with Gasteiger partial charge in [-0.2, -0.15) is 0 Å². The maximum absolute atomic E-state index is 12.6. The molecule has 27 heavy (non-hydrogen) atoms. The van der Waals surface area contributed by atoms with Crippen molar-refractivity contribution in [1.82, 2.24) is 0 Å². The molecule has 3 rings (SSSR count). The first-order valence-corrected chi connectivity index (χ1v) is 8.82. The summed E-state index contributed by atoms with van der Waals surface area (Å²) in [5, 5.41) is 5.76. The zero-order chi connectivity index (χ0) is 19.1. The summed E-state index contributed by atoms with van der Waals surface area (Å²) in [6, 6.07) is 15.1. The molecule has 2 amide bonds. The van der Waals surface area contributed by atoms with Gasteiger partial charge in [0.1, 0.15) is 6.61 Å². The molecule has 0 fully saturated rings. The van der Waals surface area contributed by atoms with Gasteiger partial charge in [-0.3, -0.25) is 10.1 Å². The molecule has 0 aromatic heterocycles. The Kier molecular flexibility index (Phi) is 6.27. The number of nitrogens with zero attached hydrogens (tertiary/aromatic N) is 1. The smallest absolute Gasteiger partial charge is 0.411 e. The molecule has 2 aromatic rings. The molecular formula is C20H23N3O4. The quantitative estimate of drug-likeness (QED) is 0.734. The molecule has 7 heteroatoms. The van der Waals surface area contributed by atoms with Gasteiger partial charge in [0, 0.05) is 30.7 Å². The fourth-order valence-electron chi connectivity index (χ4n) is 2.95. The molecule has 7 nitrogen and oxygen atoms in total. The summed E-state index contributed by atoms with van der Waals surface area (Å²) in [4.78, 5) is 26.0. The topological polar surface area (TPSA) is 79.9 Å². The van der Waals surface area contributed by atoms with Crippen LogP contribution in [-0.4, -0.2) is 45.4 Å². The van der Waals surface area contributed by atoms with Gasteiger partial charge in [0.2, 0.25) is 5.91 Å². The van der Waals surface area contributed by atoms with Gasteiger partial charge >= 0.3 is 6.09 Å². The van der Waals surface area contributed by atoms with Gasteiger partial charge in [-0.25, -0.2) is 4.79 Å². The number of fused-ring (bicyclic) bond motifs is 1. The van der Waals surface area contributed by atoms with Gasteiger partial charge in [0.25, 0.3) is 0 Å². The Labute approximate surface area is 158 Å². The zero-order valence-corrected chi connectivity index (χ0v) is 15.2. The molecule has 0 aliphatic carbocycles. The predicted molar refractivity (Wildman–Crippen MR) is 104 cm³/mol. The zero-order valence-electron chi connectivity index (χ0n) is 15.2. The normalized spacial score (nSPS) is 12.4. The molecule has 142 valence electrons. The molecule has 1 aliphatic rings. The molecule has 0 unspecified atom stereocenters. The maximum atomic E-state index is 12.6. The minimum Gasteiger partial charge on any atom is -0.447 e. The molecule has 2 N–H and O–H groups in total. The summed E-state index contributed by atoms with van der Waals surface area (Å²) >= 11 is 0. The van der Waals surface area contributed by atoms with Crippen LogP contribution < -0.4 is 15.5 Å². The van der Waals surface area contributed by atoms with Crippen LogP contribution in [0.5, 0.6) is 0 Å². The molecule has 2 aromatic carbocycles. The summed E-state index contributed by atoms with van der Waals surface area (Å²) in [6.45, 7) is 1.41. The number of hydrogen-bond acceptors (Lipinski definition) is 5. The number of rotatable bonds is 7. The van der Waals surface area contributed by atoms with E-state index in [1.807, 2.05) is 24.3 Å². The van der Waals surface area contributed by atoms with Crippen molar-refractivity contribution < 1.29 is 19.1 Å². The summed E-state index contributed by atoms with van der Waals surface area (Å²) in [7, 11) is 1.54. The fourth-order valence-corrected chi connectivity index (χ4v) is 2.95. The Morgan fingerprint density at radius 1 is 1.07 bits per heavy atom. The number of nitrogens with one attached hydrogen (secondary N) is 2. The van der Waals surface area contributed by atoms with Crippen molar-refractivity contribution in [3.8, 4) is 0 Å². The van der Waals surface area contributed by atoms with Crippen LogP contribution in [0.4, 0.5) is 21.9 Å². The van der Waals surface area contributed by atoms with E-state index in [0.717, 1.165) is 17.8 Å². The van der Waals surface area contributed by atoms with Crippen LogP contribution in [0, 0.1) is 0 Å². The molecule has 0 saturated heterocycles. The number of ether oxygens (including phenoxy) is 2. The molecule has 0 spiro atoms. The van der Waals surface area contributed by atoms with Crippen LogP contribution in [0.3, 0.4) is 0 Å². The van der Waals surface area contributed by atoms with Crippen molar-refractivity contribution in [2.75, 3.05) is 48.9 Å². The third-order valence-corrected chi connectivity index (χ3v) is 4.26. The lowest BCUT2D eigenvalue weighted by molar-refractivity contribution is -0.116. The minimum atomic E-state index is -0.547. The van der Waals surface area contributed by atoms with E-state index >= 15 is 0 Å². The van der Waals surface area contributed by atoms with Gasteiger partial charge < -0.3 is 19.7 Å². The third-order valence-electron chi connectivity index (χ3n) is 4.26. The first-order chi connectivity index (χ1) is 13.2. The van der Waals surface area contributed by atoms with Crippen LogP contribution >= 0.6 is 0 Å². The largest absolute Gasteiger partial charge is 0.447 e. The SMILES string of the molecule is COCCOC(=O)Nc1cccc(NCC(=O)N2CCc3ccccc32)c1. The summed E-state index contributed by atoms with van der Waals surface area (Å²) in [5.41, 5.74) is 3.51. The molecule has 0 radical (unpaired) electrons. The Morgan fingerprint density at radius 2 is 1.89 bits per heavy atom. The van der Waals surface area contributed by atoms with Crippen LogP contribution in [0.2, 0.25) is 0 Å². The number of methoxy groups -OCH3 is 1. The number of carbonyl (C=O) groups is 2. The standard InChI is InChI=1S/C20H23N3O4/c1-26-11-12-27-20(25)22-17-7-4-6-16(13-17)21-14-19(24)23-10-9-15-5-2-3-8-18(15)23/h2-8,13,21H,9-12,14H2,1H3,(H,22,25). The second-order valence-corrected chi connectivity index (χ2v) is 6.11. The van der Waals surface area contributed by atoms with Crippen molar-refractivity contribution in [3.63, 3.8) is 0 Å². The van der Waals surface area contributed by atoms with E-state index in [2.05, 4.69) is 16.7 Å². The number of anilines is 3. The molecule has 0 saturated carbocycles. The van der Waals surface area contributed by atoms with E-state index in [-0.39, 0.29) is 19.1 Å². The number of amides is 2. The van der Waals surface area contributed by atoms with Gasteiger partial charge in [-0.1, -0.05) is 24.3 Å². The highest BCUT2D eigenvalue weighted by molar-refractivity contribution is 5.98. The van der Waals surface area contributed by atoms with Crippen LogP contribution in [-0.2, 0) is 20.7 Å². The van der Waals surface area contributed by atoms with Crippen molar-refractivity contribution in [2.24, 2.45) is 0 Å². The van der Waals surface area contributed by atoms with Gasteiger partial charge in [0.15, 0.2) is 0 Å². The van der Waals surface area contributed by atoms with E-state index in [4.69, 9.17) is 9.47 Å². The van der Waals surface area contributed by atoms with Crippen molar-refractivity contribution in [2.45, 2.75) is 6.42 Å². The summed E-state index contributed by atoms with van der Waals surface area (Å²) < 4.78 is 9.80. The molecular weight excluding hydrogens is 346 g/mol. The Hall–Kier alpha value is -3.06. The number of carbonyl (C=O) groups excluding carboxylic acids is 2. The van der Waals surface area contributed by atoms with Crippen molar-refractivity contribution in [3.05, 3.63) is 54.1 Å². The van der Waals surface area contributed by atoms with E-state index < -0.39 is 6.09 Å². The minimum absolute atomic E-state index is 0.0114. The summed E-state index contributed by atoms with van der Waals surface area (Å²) in [5.74, 6) is 0.0114. The van der Waals surface area contributed by atoms with E-state index in [1.54, 1.807) is 30.2 Å². The third kappa shape index (κ3) is 4.98. The van der Waals surface area contributed by atoms with Crippen LogP contribution in [0.25, 0.3) is 0 Å². The Morgan fingerprint density at radius 3 is 2.74 bits per heavy atom. The second-order valence-electron chi connectivity index (χ2n) is 6.11. The lowest BCUT2D eigenvalue weighted by Crippen LogP contribution is -2.34. The van der Waals surface area contributed by atoms with E-state index in [0.29, 0.717) is 18.8 Å². The fraction of sp³-hybridized carbons (Fsp3) is 0.300. The first-order valence-electron chi connectivity index (χ1n) is 8.82. The average Bonchev–Trinajstić information content (AvgIpc) is 3.11. The number of benzene rings is 2. The monoisotopic (exact) mass is 369 g/mol. The summed E-state index contributed by atoms with van der Waals surface area (Å²) in [6.07, 6.45) is 0.334. The molecule has 0 atom stereocenters. The molecule has 1 aliphatic heterocycles. The van der Waals surface area contributed by atoms with Gasteiger partial charge in [-0.15, -0.1) is 0 Å². The van der Waals surface area contributed by atoms with E-state index in [9.17, 15) is 9.59 Å². The lowest BCUT2D eigenvalue weighted by atomic mass is 10.2. The highest BCUT2D eigenvalue weighted by Gasteiger charge is 2.23. The van der Waals surface area contributed by atoms with Crippen molar-refractivity contribution in [1.29, 1.82) is 0 Å². The van der Waals surface area contributed by atoms with Crippen molar-refractivity contribution >= 4 is 29.1 Å². The second kappa shape index (κ2) is 9.05. The van der Waals surface area contributed by atoms with Crippen LogP contribution in [0.15, 0.2) is 48.5 Å². The highest BCUT2D eigenvalue weighted by Crippen LogP contribution is 2.27. The van der Waals surface area contributed by atoms with E-state index in [1.165, 1.54) is 5.56 Å². The number of hydrogen-bond donors (Lipinski definition) is 2. The average molecular weight is 369 g/mol. The molecule has 0 bridgehead atoms. The molecule has 1 heterocycles. The number of para-hydroxylation sites is 1. The predicted octanol–water partition coefficient (Wildman–Crippen LogP) is 2.88.